The highest BCUT2D eigenvalue weighted by Crippen LogP contribution is 2.37. The molecule has 6 heteroatoms. The first kappa shape index (κ1) is 16.9. The van der Waals surface area contributed by atoms with Crippen molar-refractivity contribution in [2.45, 2.75) is 22.8 Å². The number of aliphatic hydroxyl groups is 1. The fourth-order valence-electron chi connectivity index (χ4n) is 2.34. The Morgan fingerprint density at radius 3 is 2.75 bits per heavy atom. The van der Waals surface area contributed by atoms with Gasteiger partial charge < -0.3 is 15.4 Å². The SMILES string of the molecule is C[C@@H](O)CNC(=O)c1[nH]c2ccc(Cl)cc2c1Sc1ccccc1. The molecule has 4 nitrogen and oxygen atoms in total. The van der Waals surface area contributed by atoms with Crippen LogP contribution in [0.3, 0.4) is 0 Å². The lowest BCUT2D eigenvalue weighted by Gasteiger charge is -2.08. The maximum atomic E-state index is 12.5. The Balaban J connectivity index is 2.03. The Kier molecular flexibility index (Phi) is 5.14. The van der Waals surface area contributed by atoms with E-state index in [0.29, 0.717) is 10.7 Å². The van der Waals surface area contributed by atoms with E-state index in [2.05, 4.69) is 10.3 Å². The van der Waals surface area contributed by atoms with E-state index in [-0.39, 0.29) is 12.5 Å². The number of hydrogen-bond donors (Lipinski definition) is 3. The monoisotopic (exact) mass is 360 g/mol. The van der Waals surface area contributed by atoms with E-state index in [9.17, 15) is 9.90 Å². The van der Waals surface area contributed by atoms with Gasteiger partial charge in [-0.2, -0.15) is 0 Å². The zero-order chi connectivity index (χ0) is 17.1. The second-order valence-electron chi connectivity index (χ2n) is 5.49. The third kappa shape index (κ3) is 3.75. The van der Waals surface area contributed by atoms with E-state index in [1.165, 1.54) is 11.8 Å². The van der Waals surface area contributed by atoms with Crippen molar-refractivity contribution in [2.75, 3.05) is 6.54 Å². The number of rotatable bonds is 5. The maximum absolute atomic E-state index is 12.5. The Labute approximate surface area is 149 Å². The first-order chi connectivity index (χ1) is 11.5. The average molecular weight is 361 g/mol. The van der Waals surface area contributed by atoms with Crippen LogP contribution in [0.1, 0.15) is 17.4 Å². The van der Waals surface area contributed by atoms with Crippen molar-refractivity contribution in [1.82, 2.24) is 10.3 Å². The summed E-state index contributed by atoms with van der Waals surface area (Å²) in [5, 5.41) is 13.6. The largest absolute Gasteiger partial charge is 0.392 e. The second-order valence-corrected chi connectivity index (χ2v) is 7.01. The van der Waals surface area contributed by atoms with E-state index >= 15 is 0 Å². The van der Waals surface area contributed by atoms with Gasteiger partial charge in [0.2, 0.25) is 0 Å². The number of aliphatic hydroxyl groups excluding tert-OH is 1. The molecule has 0 fully saturated rings. The summed E-state index contributed by atoms with van der Waals surface area (Å²) in [6.07, 6.45) is -0.599. The predicted octanol–water partition coefficient (Wildman–Crippen LogP) is 4.08. The number of halogens is 1. The number of carbonyl (C=O) groups excluding carboxylic acids is 1. The van der Waals surface area contributed by atoms with Gasteiger partial charge in [0.15, 0.2) is 0 Å². The predicted molar refractivity (Wildman–Crippen MR) is 97.9 cm³/mol. The Bertz CT molecular complexity index is 862. The smallest absolute Gasteiger partial charge is 0.269 e. The Morgan fingerprint density at radius 2 is 2.04 bits per heavy atom. The molecule has 3 N–H and O–H groups in total. The van der Waals surface area contributed by atoms with E-state index in [0.717, 1.165) is 20.7 Å². The number of amides is 1. The third-order valence-electron chi connectivity index (χ3n) is 3.46. The van der Waals surface area contributed by atoms with Crippen molar-refractivity contribution in [3.63, 3.8) is 0 Å². The number of carbonyl (C=O) groups is 1. The molecule has 2 aromatic carbocycles. The molecular weight excluding hydrogens is 344 g/mol. The molecule has 0 saturated heterocycles. The van der Waals surface area contributed by atoms with Gasteiger partial charge in [-0.25, -0.2) is 0 Å². The summed E-state index contributed by atoms with van der Waals surface area (Å²) in [6.45, 7) is 1.83. The molecular formula is C18H17ClN2O2S. The van der Waals surface area contributed by atoms with Gasteiger partial charge in [0.05, 0.1) is 11.0 Å². The fraction of sp³-hybridized carbons (Fsp3) is 0.167. The van der Waals surface area contributed by atoms with Crippen molar-refractivity contribution in [3.05, 3.63) is 59.2 Å². The molecule has 0 aliphatic rings. The minimum absolute atomic E-state index is 0.199. The molecule has 0 saturated carbocycles. The van der Waals surface area contributed by atoms with E-state index in [1.807, 2.05) is 42.5 Å². The van der Waals surface area contributed by atoms with Gasteiger partial charge in [0.1, 0.15) is 5.69 Å². The number of benzene rings is 2. The lowest BCUT2D eigenvalue weighted by molar-refractivity contribution is 0.0917. The van der Waals surface area contributed by atoms with Gasteiger partial charge in [-0.3, -0.25) is 4.79 Å². The van der Waals surface area contributed by atoms with Gasteiger partial charge in [-0.05, 0) is 37.3 Å². The number of H-pyrrole nitrogens is 1. The van der Waals surface area contributed by atoms with Gasteiger partial charge >= 0.3 is 0 Å². The lowest BCUT2D eigenvalue weighted by Crippen LogP contribution is -2.31. The van der Waals surface area contributed by atoms with Crippen LogP contribution >= 0.6 is 23.4 Å². The van der Waals surface area contributed by atoms with Crippen LogP contribution in [0, 0.1) is 0 Å². The van der Waals surface area contributed by atoms with Gasteiger partial charge in [-0.15, -0.1) is 0 Å². The Morgan fingerprint density at radius 1 is 1.29 bits per heavy atom. The highest BCUT2D eigenvalue weighted by atomic mass is 35.5. The van der Waals surface area contributed by atoms with Crippen LogP contribution in [0.25, 0.3) is 10.9 Å². The summed E-state index contributed by atoms with van der Waals surface area (Å²) < 4.78 is 0. The molecule has 124 valence electrons. The highest BCUT2D eigenvalue weighted by Gasteiger charge is 2.19. The van der Waals surface area contributed by atoms with Crippen LogP contribution in [0.15, 0.2) is 58.3 Å². The first-order valence-corrected chi connectivity index (χ1v) is 8.74. The highest BCUT2D eigenvalue weighted by molar-refractivity contribution is 7.99. The van der Waals surface area contributed by atoms with E-state index < -0.39 is 6.10 Å². The minimum Gasteiger partial charge on any atom is -0.392 e. The van der Waals surface area contributed by atoms with Crippen LogP contribution in [0.4, 0.5) is 0 Å². The van der Waals surface area contributed by atoms with Crippen molar-refractivity contribution in [1.29, 1.82) is 0 Å². The average Bonchev–Trinajstić information content (AvgIpc) is 2.91. The zero-order valence-electron chi connectivity index (χ0n) is 13.0. The third-order valence-corrected chi connectivity index (χ3v) is 4.83. The molecule has 0 spiro atoms. The normalized spacial score (nSPS) is 12.3. The lowest BCUT2D eigenvalue weighted by atomic mass is 10.2. The molecule has 0 radical (unpaired) electrons. The number of nitrogens with one attached hydrogen (secondary N) is 2. The quantitative estimate of drug-likeness (QED) is 0.642. The summed E-state index contributed by atoms with van der Waals surface area (Å²) in [6, 6.07) is 15.3. The molecule has 24 heavy (non-hydrogen) atoms. The van der Waals surface area contributed by atoms with Crippen LogP contribution < -0.4 is 5.32 Å². The number of fused-ring (bicyclic) bond motifs is 1. The van der Waals surface area contributed by atoms with Crippen LogP contribution in [0.5, 0.6) is 0 Å². The summed E-state index contributed by atoms with van der Waals surface area (Å²) in [7, 11) is 0. The molecule has 1 amide bonds. The molecule has 3 rings (SSSR count). The minimum atomic E-state index is -0.599. The van der Waals surface area contributed by atoms with Gasteiger partial charge in [0.25, 0.3) is 5.91 Å². The fourth-order valence-corrected chi connectivity index (χ4v) is 3.57. The van der Waals surface area contributed by atoms with E-state index in [1.54, 1.807) is 13.0 Å². The zero-order valence-corrected chi connectivity index (χ0v) is 14.6. The molecule has 1 atom stereocenters. The second kappa shape index (κ2) is 7.30. The molecule has 0 unspecified atom stereocenters. The Hall–Kier alpha value is -1.95. The van der Waals surface area contributed by atoms with Gasteiger partial charge in [0, 0.05) is 27.4 Å². The number of aromatic amines is 1. The molecule has 3 aromatic rings. The summed E-state index contributed by atoms with van der Waals surface area (Å²) in [4.78, 5) is 17.5. The molecule has 1 aromatic heterocycles. The van der Waals surface area contributed by atoms with Crippen LogP contribution in [0.2, 0.25) is 5.02 Å². The first-order valence-electron chi connectivity index (χ1n) is 7.55. The molecule has 1 heterocycles. The molecule has 0 aliphatic heterocycles. The topological polar surface area (TPSA) is 65.1 Å². The van der Waals surface area contributed by atoms with Crippen LogP contribution in [-0.4, -0.2) is 28.6 Å². The summed E-state index contributed by atoms with van der Waals surface area (Å²) in [5.41, 5.74) is 1.32. The number of hydrogen-bond acceptors (Lipinski definition) is 3. The summed E-state index contributed by atoms with van der Waals surface area (Å²) >= 11 is 7.64. The standard InChI is InChI=1S/C18H17ClN2O2S/c1-11(22)10-20-18(23)16-17(24-13-5-3-2-4-6-13)14-9-12(19)7-8-15(14)21-16/h2-9,11,21-22H,10H2,1H3,(H,20,23)/t11-/m1/s1. The molecule has 0 aliphatic carbocycles. The van der Waals surface area contributed by atoms with Crippen molar-refractivity contribution >= 4 is 40.2 Å². The van der Waals surface area contributed by atoms with Gasteiger partial charge in [-0.1, -0.05) is 41.6 Å². The maximum Gasteiger partial charge on any atom is 0.269 e. The molecule has 0 bridgehead atoms. The van der Waals surface area contributed by atoms with Crippen molar-refractivity contribution in [3.8, 4) is 0 Å². The van der Waals surface area contributed by atoms with E-state index in [4.69, 9.17) is 11.6 Å². The van der Waals surface area contributed by atoms with Crippen molar-refractivity contribution < 1.29 is 9.90 Å². The van der Waals surface area contributed by atoms with Crippen LogP contribution in [-0.2, 0) is 0 Å². The number of aromatic nitrogens is 1. The van der Waals surface area contributed by atoms with Crippen molar-refractivity contribution in [2.24, 2.45) is 0 Å². The summed E-state index contributed by atoms with van der Waals surface area (Å²) in [5.74, 6) is -0.248.